The first kappa shape index (κ1) is 10.0. The summed E-state index contributed by atoms with van der Waals surface area (Å²) in [7, 11) is 0. The number of phenols is 1. The minimum Gasteiger partial charge on any atom is -0.508 e. The van der Waals surface area contributed by atoms with Crippen molar-refractivity contribution in [2.75, 3.05) is 0 Å². The lowest BCUT2D eigenvalue weighted by molar-refractivity contribution is 0.448. The molecule has 13 heavy (non-hydrogen) atoms. The average molecular weight is 182 g/mol. The fraction of sp³-hybridized carbons (Fsp3) is 0.455. The molecule has 2 heteroatoms. The Morgan fingerprint density at radius 3 is 2.46 bits per heavy atom. The molecule has 0 aliphatic rings. The van der Waals surface area contributed by atoms with Gasteiger partial charge in [-0.2, -0.15) is 0 Å². The molecule has 0 aliphatic carbocycles. The maximum Gasteiger partial charge on any atom is 0.130 e. The second kappa shape index (κ2) is 3.36. The molecule has 0 fully saturated rings. The first-order valence-electron chi connectivity index (χ1n) is 4.46. The fourth-order valence-corrected chi connectivity index (χ4v) is 1.24. The molecule has 1 aromatic rings. The van der Waals surface area contributed by atoms with E-state index in [4.69, 9.17) is 5.11 Å². The van der Waals surface area contributed by atoms with Crippen molar-refractivity contribution in [3.8, 4) is 5.75 Å². The second-order valence-corrected chi connectivity index (χ2v) is 3.90. The van der Waals surface area contributed by atoms with Crippen molar-refractivity contribution in [3.63, 3.8) is 0 Å². The monoisotopic (exact) mass is 182 g/mol. The summed E-state index contributed by atoms with van der Waals surface area (Å²) in [4.78, 5) is 0. The highest BCUT2D eigenvalue weighted by Gasteiger charge is 2.21. The zero-order chi connectivity index (χ0) is 10.1. The van der Waals surface area contributed by atoms with Crippen molar-refractivity contribution in [3.05, 3.63) is 29.6 Å². The highest BCUT2D eigenvalue weighted by molar-refractivity contribution is 5.32. The van der Waals surface area contributed by atoms with Crippen molar-refractivity contribution in [1.29, 1.82) is 0 Å². The predicted octanol–water partition coefficient (Wildman–Crippen LogP) is 3.22. The zero-order valence-corrected chi connectivity index (χ0v) is 8.26. The minimum atomic E-state index is -0.327. The first-order chi connectivity index (χ1) is 5.97. The summed E-state index contributed by atoms with van der Waals surface area (Å²) in [6.45, 7) is 6.00. The molecule has 0 spiro atoms. The quantitative estimate of drug-likeness (QED) is 0.744. The van der Waals surface area contributed by atoms with E-state index in [0.29, 0.717) is 5.56 Å². The van der Waals surface area contributed by atoms with E-state index in [1.165, 1.54) is 6.07 Å². The summed E-state index contributed by atoms with van der Waals surface area (Å²) >= 11 is 0. The lowest BCUT2D eigenvalue weighted by Crippen LogP contribution is -2.17. The largest absolute Gasteiger partial charge is 0.508 e. The molecule has 1 N–H and O–H groups in total. The minimum absolute atomic E-state index is 0.0202. The van der Waals surface area contributed by atoms with E-state index in [1.807, 2.05) is 20.8 Å². The van der Waals surface area contributed by atoms with E-state index in [2.05, 4.69) is 0 Å². The van der Waals surface area contributed by atoms with Gasteiger partial charge in [-0.15, -0.1) is 0 Å². The van der Waals surface area contributed by atoms with Gasteiger partial charge in [-0.1, -0.05) is 26.8 Å². The normalized spacial score (nSPS) is 11.7. The molecule has 0 heterocycles. The standard InChI is InChI=1S/C11H15FO/c1-4-11(2,3)9-6-5-8(13)7-10(9)12/h5-7,13H,4H2,1-3H3. The van der Waals surface area contributed by atoms with Gasteiger partial charge in [-0.3, -0.25) is 0 Å². The Morgan fingerprint density at radius 2 is 2.00 bits per heavy atom. The first-order valence-corrected chi connectivity index (χ1v) is 4.46. The Morgan fingerprint density at radius 1 is 1.38 bits per heavy atom. The van der Waals surface area contributed by atoms with Crippen LogP contribution in [0.3, 0.4) is 0 Å². The molecule has 0 aromatic heterocycles. The van der Waals surface area contributed by atoms with Crippen molar-refractivity contribution in [1.82, 2.24) is 0 Å². The molecular weight excluding hydrogens is 167 g/mol. The molecule has 0 amide bonds. The third-order valence-corrected chi connectivity index (χ3v) is 2.57. The molecule has 0 bridgehead atoms. The van der Waals surface area contributed by atoms with E-state index in [1.54, 1.807) is 6.07 Å². The van der Waals surface area contributed by atoms with E-state index in [-0.39, 0.29) is 17.0 Å². The highest BCUT2D eigenvalue weighted by Crippen LogP contribution is 2.30. The van der Waals surface area contributed by atoms with E-state index >= 15 is 0 Å². The van der Waals surface area contributed by atoms with Gasteiger partial charge in [0.2, 0.25) is 0 Å². The molecule has 1 nitrogen and oxygen atoms in total. The fourth-order valence-electron chi connectivity index (χ4n) is 1.24. The molecule has 0 saturated carbocycles. The van der Waals surface area contributed by atoms with Gasteiger partial charge in [-0.05, 0) is 23.5 Å². The third-order valence-electron chi connectivity index (χ3n) is 2.57. The Labute approximate surface area is 78.2 Å². The average Bonchev–Trinajstić information content (AvgIpc) is 2.03. The van der Waals surface area contributed by atoms with Crippen LogP contribution in [0.4, 0.5) is 4.39 Å². The van der Waals surface area contributed by atoms with Crippen molar-refractivity contribution in [2.24, 2.45) is 0 Å². The molecule has 0 saturated heterocycles. The smallest absolute Gasteiger partial charge is 0.130 e. The summed E-state index contributed by atoms with van der Waals surface area (Å²) in [5, 5.41) is 9.04. The van der Waals surface area contributed by atoms with Gasteiger partial charge in [-0.25, -0.2) is 4.39 Å². The molecule has 0 unspecified atom stereocenters. The van der Waals surface area contributed by atoms with Crippen LogP contribution in [0, 0.1) is 5.82 Å². The van der Waals surface area contributed by atoms with Gasteiger partial charge in [0.1, 0.15) is 11.6 Å². The number of rotatable bonds is 2. The van der Waals surface area contributed by atoms with Gasteiger partial charge in [0.15, 0.2) is 0 Å². The summed E-state index contributed by atoms with van der Waals surface area (Å²) in [6.07, 6.45) is 0.870. The lowest BCUT2D eigenvalue weighted by Gasteiger charge is -2.23. The van der Waals surface area contributed by atoms with Crippen LogP contribution < -0.4 is 0 Å². The Bertz CT molecular complexity index is 305. The number of hydrogen-bond donors (Lipinski definition) is 1. The second-order valence-electron chi connectivity index (χ2n) is 3.90. The van der Waals surface area contributed by atoms with Crippen LogP contribution >= 0.6 is 0 Å². The van der Waals surface area contributed by atoms with Crippen molar-refractivity contribution in [2.45, 2.75) is 32.6 Å². The summed E-state index contributed by atoms with van der Waals surface area (Å²) in [5.41, 5.74) is 0.491. The van der Waals surface area contributed by atoms with E-state index < -0.39 is 0 Å². The van der Waals surface area contributed by atoms with Crippen LogP contribution in [0.1, 0.15) is 32.8 Å². The number of halogens is 1. The Hall–Kier alpha value is -1.05. The summed E-state index contributed by atoms with van der Waals surface area (Å²) in [6, 6.07) is 4.33. The van der Waals surface area contributed by atoms with Crippen LogP contribution in [-0.2, 0) is 5.41 Å². The molecule has 1 aromatic carbocycles. The number of hydrogen-bond acceptors (Lipinski definition) is 1. The van der Waals surface area contributed by atoms with Crippen LogP contribution in [0.2, 0.25) is 0 Å². The van der Waals surface area contributed by atoms with Crippen LogP contribution in [-0.4, -0.2) is 5.11 Å². The Balaban J connectivity index is 3.16. The molecular formula is C11H15FO. The predicted molar refractivity (Wildman–Crippen MR) is 51.4 cm³/mol. The molecule has 0 atom stereocenters. The number of phenolic OH excluding ortho intramolecular Hbond substituents is 1. The van der Waals surface area contributed by atoms with Gasteiger partial charge >= 0.3 is 0 Å². The highest BCUT2D eigenvalue weighted by atomic mass is 19.1. The van der Waals surface area contributed by atoms with Crippen molar-refractivity contribution < 1.29 is 9.50 Å². The summed E-state index contributed by atoms with van der Waals surface area (Å²) in [5.74, 6) is -0.347. The molecule has 0 radical (unpaired) electrons. The maximum absolute atomic E-state index is 13.4. The van der Waals surface area contributed by atoms with Gasteiger partial charge in [0.25, 0.3) is 0 Å². The zero-order valence-electron chi connectivity index (χ0n) is 8.26. The topological polar surface area (TPSA) is 20.2 Å². The number of aromatic hydroxyl groups is 1. The van der Waals surface area contributed by atoms with Crippen LogP contribution in [0.25, 0.3) is 0 Å². The Kier molecular flexibility index (Phi) is 2.60. The van der Waals surface area contributed by atoms with Gasteiger partial charge in [0.05, 0.1) is 0 Å². The number of benzene rings is 1. The molecule has 0 aliphatic heterocycles. The van der Waals surface area contributed by atoms with Crippen LogP contribution in [0.5, 0.6) is 5.75 Å². The molecule has 72 valence electrons. The van der Waals surface area contributed by atoms with E-state index in [9.17, 15) is 4.39 Å². The maximum atomic E-state index is 13.4. The lowest BCUT2D eigenvalue weighted by atomic mass is 9.82. The SMILES string of the molecule is CCC(C)(C)c1ccc(O)cc1F. The van der Waals surface area contributed by atoms with Crippen molar-refractivity contribution >= 4 is 0 Å². The van der Waals surface area contributed by atoms with Crippen LogP contribution in [0.15, 0.2) is 18.2 Å². The molecule has 1 rings (SSSR count). The van der Waals surface area contributed by atoms with Gasteiger partial charge < -0.3 is 5.11 Å². The summed E-state index contributed by atoms with van der Waals surface area (Å²) < 4.78 is 13.4. The van der Waals surface area contributed by atoms with Gasteiger partial charge in [0, 0.05) is 6.07 Å². The van der Waals surface area contributed by atoms with E-state index in [0.717, 1.165) is 12.5 Å². The third kappa shape index (κ3) is 2.00.